The Balaban J connectivity index is 2.00. The van der Waals surface area contributed by atoms with Crippen molar-refractivity contribution in [2.75, 3.05) is 13.7 Å². The third-order valence-corrected chi connectivity index (χ3v) is 2.90. The Labute approximate surface area is 89.7 Å². The van der Waals surface area contributed by atoms with Crippen LogP contribution in [-0.4, -0.2) is 30.6 Å². The van der Waals surface area contributed by atoms with Crippen LogP contribution in [0.15, 0.2) is 30.3 Å². The lowest BCUT2D eigenvalue weighted by molar-refractivity contribution is -0.141. The van der Waals surface area contributed by atoms with Gasteiger partial charge in [-0.15, -0.1) is 0 Å². The number of esters is 1. The lowest BCUT2D eigenvalue weighted by Gasteiger charge is -2.13. The molecule has 3 heteroatoms. The van der Waals surface area contributed by atoms with Crippen molar-refractivity contribution in [2.45, 2.75) is 19.0 Å². The number of hydrogen-bond acceptors (Lipinski definition) is 3. The van der Waals surface area contributed by atoms with Crippen LogP contribution in [0.25, 0.3) is 0 Å². The first-order valence-electron chi connectivity index (χ1n) is 5.12. The molecule has 15 heavy (non-hydrogen) atoms. The fourth-order valence-corrected chi connectivity index (χ4v) is 1.85. The molecule has 1 aromatic rings. The summed E-state index contributed by atoms with van der Waals surface area (Å²) in [6.45, 7) is 2.92. The van der Waals surface area contributed by atoms with Crippen LogP contribution >= 0.6 is 0 Å². The molecule has 0 aromatic heterocycles. The fraction of sp³-hybridized carbons (Fsp3) is 0.417. The maximum atomic E-state index is 11.3. The van der Waals surface area contributed by atoms with Gasteiger partial charge in [0.1, 0.15) is 6.04 Å². The van der Waals surface area contributed by atoms with Crippen LogP contribution in [0.5, 0.6) is 0 Å². The number of methoxy groups -OCH3 is 1. The Morgan fingerprint density at radius 3 is 2.73 bits per heavy atom. The van der Waals surface area contributed by atoms with Gasteiger partial charge in [0.2, 0.25) is 0 Å². The van der Waals surface area contributed by atoms with Crippen molar-refractivity contribution in [3.05, 3.63) is 35.9 Å². The Bertz CT molecular complexity index is 350. The van der Waals surface area contributed by atoms with Gasteiger partial charge in [-0.1, -0.05) is 30.3 Å². The number of hydrogen-bond donors (Lipinski definition) is 0. The van der Waals surface area contributed by atoms with E-state index < -0.39 is 0 Å². The molecule has 0 spiro atoms. The van der Waals surface area contributed by atoms with Gasteiger partial charge in [-0.05, 0) is 12.5 Å². The predicted molar refractivity (Wildman–Crippen MR) is 57.4 cm³/mol. The highest BCUT2D eigenvalue weighted by atomic mass is 16.5. The van der Waals surface area contributed by atoms with E-state index in [1.165, 1.54) is 12.7 Å². The standard InChI is InChI=1S/C12H15NO2/c1-9(10-6-4-3-5-7-10)13-8-11(13)12(14)15-2/h3-7,9,11H,8H2,1-2H3/t9-,11-,13?/m1/s1. The van der Waals surface area contributed by atoms with E-state index in [0.29, 0.717) is 0 Å². The van der Waals surface area contributed by atoms with Crippen LogP contribution in [0, 0.1) is 0 Å². The Morgan fingerprint density at radius 2 is 2.13 bits per heavy atom. The quantitative estimate of drug-likeness (QED) is 0.554. The lowest BCUT2D eigenvalue weighted by Crippen LogP contribution is -2.16. The molecule has 1 saturated heterocycles. The van der Waals surface area contributed by atoms with E-state index in [0.717, 1.165) is 6.54 Å². The Hall–Kier alpha value is -1.35. The molecule has 3 nitrogen and oxygen atoms in total. The Kier molecular flexibility index (Phi) is 2.73. The second-order valence-corrected chi connectivity index (χ2v) is 3.82. The topological polar surface area (TPSA) is 29.3 Å². The largest absolute Gasteiger partial charge is 0.468 e. The maximum Gasteiger partial charge on any atom is 0.324 e. The molecule has 1 aliphatic rings. The first-order valence-corrected chi connectivity index (χ1v) is 5.12. The number of carbonyl (C=O) groups is 1. The van der Waals surface area contributed by atoms with E-state index >= 15 is 0 Å². The molecule has 2 rings (SSSR count). The molecule has 1 aromatic carbocycles. The monoisotopic (exact) mass is 205 g/mol. The van der Waals surface area contributed by atoms with Crippen LogP contribution in [-0.2, 0) is 9.53 Å². The zero-order valence-electron chi connectivity index (χ0n) is 9.01. The highest BCUT2D eigenvalue weighted by molar-refractivity contribution is 5.79. The smallest absolute Gasteiger partial charge is 0.324 e. The van der Waals surface area contributed by atoms with E-state index in [2.05, 4.69) is 24.0 Å². The predicted octanol–water partition coefficient (Wildman–Crippen LogP) is 1.60. The summed E-state index contributed by atoms with van der Waals surface area (Å²) in [7, 11) is 1.44. The van der Waals surface area contributed by atoms with Gasteiger partial charge in [0.25, 0.3) is 0 Å². The first kappa shape index (κ1) is 10.2. The average molecular weight is 205 g/mol. The molecular weight excluding hydrogens is 190 g/mol. The maximum absolute atomic E-state index is 11.3. The van der Waals surface area contributed by atoms with E-state index in [1.54, 1.807) is 0 Å². The lowest BCUT2D eigenvalue weighted by atomic mass is 10.1. The normalized spacial score (nSPS) is 25.7. The summed E-state index contributed by atoms with van der Waals surface area (Å²) in [5.41, 5.74) is 1.24. The van der Waals surface area contributed by atoms with Crippen molar-refractivity contribution in [1.82, 2.24) is 4.90 Å². The molecule has 1 heterocycles. The summed E-state index contributed by atoms with van der Waals surface area (Å²) >= 11 is 0. The average Bonchev–Trinajstić information content (AvgIpc) is 3.08. The van der Waals surface area contributed by atoms with E-state index in [1.807, 2.05) is 18.2 Å². The van der Waals surface area contributed by atoms with Crippen molar-refractivity contribution in [3.63, 3.8) is 0 Å². The second kappa shape index (κ2) is 4.03. The van der Waals surface area contributed by atoms with Crippen LogP contribution in [0.1, 0.15) is 18.5 Å². The summed E-state index contributed by atoms with van der Waals surface area (Å²) in [5.74, 6) is -0.127. The van der Waals surface area contributed by atoms with Gasteiger partial charge in [-0.25, -0.2) is 0 Å². The number of rotatable bonds is 3. The van der Waals surface area contributed by atoms with Crippen LogP contribution < -0.4 is 0 Å². The number of carbonyl (C=O) groups excluding carboxylic acids is 1. The summed E-state index contributed by atoms with van der Waals surface area (Å²) in [5, 5.41) is 0. The van der Waals surface area contributed by atoms with Gasteiger partial charge >= 0.3 is 5.97 Å². The van der Waals surface area contributed by atoms with E-state index in [-0.39, 0.29) is 18.1 Å². The van der Waals surface area contributed by atoms with Crippen molar-refractivity contribution >= 4 is 5.97 Å². The molecule has 1 unspecified atom stereocenters. The summed E-state index contributed by atoms with van der Waals surface area (Å²) in [6.07, 6.45) is 0. The Morgan fingerprint density at radius 1 is 1.47 bits per heavy atom. The molecule has 0 radical (unpaired) electrons. The fourth-order valence-electron chi connectivity index (χ4n) is 1.85. The molecule has 0 aliphatic carbocycles. The van der Waals surface area contributed by atoms with Gasteiger partial charge in [-0.3, -0.25) is 9.69 Å². The molecule has 0 amide bonds. The third kappa shape index (κ3) is 2.02. The third-order valence-electron chi connectivity index (χ3n) is 2.90. The number of benzene rings is 1. The van der Waals surface area contributed by atoms with Gasteiger partial charge in [0.15, 0.2) is 0 Å². The zero-order valence-corrected chi connectivity index (χ0v) is 9.01. The molecule has 0 bridgehead atoms. The molecule has 1 fully saturated rings. The first-order chi connectivity index (χ1) is 7.24. The van der Waals surface area contributed by atoms with Crippen molar-refractivity contribution in [1.29, 1.82) is 0 Å². The SMILES string of the molecule is COC(=O)[C@H]1CN1[C@H](C)c1ccccc1. The number of nitrogens with zero attached hydrogens (tertiary/aromatic N) is 1. The molecule has 0 saturated carbocycles. The molecule has 80 valence electrons. The van der Waals surface area contributed by atoms with Gasteiger partial charge < -0.3 is 4.74 Å². The van der Waals surface area contributed by atoms with Gasteiger partial charge in [0.05, 0.1) is 7.11 Å². The number of ether oxygens (including phenoxy) is 1. The highest BCUT2D eigenvalue weighted by Gasteiger charge is 2.44. The minimum atomic E-state index is -0.127. The van der Waals surface area contributed by atoms with Gasteiger partial charge in [-0.2, -0.15) is 0 Å². The zero-order chi connectivity index (χ0) is 10.8. The van der Waals surface area contributed by atoms with Crippen molar-refractivity contribution in [3.8, 4) is 0 Å². The molecular formula is C12H15NO2. The summed E-state index contributed by atoms with van der Waals surface area (Å²) in [6, 6.07) is 10.4. The van der Waals surface area contributed by atoms with E-state index in [9.17, 15) is 4.79 Å². The van der Waals surface area contributed by atoms with Crippen molar-refractivity contribution in [2.24, 2.45) is 0 Å². The molecule has 3 atom stereocenters. The van der Waals surface area contributed by atoms with Crippen molar-refractivity contribution < 1.29 is 9.53 Å². The summed E-state index contributed by atoms with van der Waals surface area (Å²) in [4.78, 5) is 13.4. The van der Waals surface area contributed by atoms with Gasteiger partial charge in [0, 0.05) is 12.6 Å². The highest BCUT2D eigenvalue weighted by Crippen LogP contribution is 2.31. The van der Waals surface area contributed by atoms with Crippen LogP contribution in [0.2, 0.25) is 0 Å². The van der Waals surface area contributed by atoms with Crippen LogP contribution in [0.4, 0.5) is 0 Å². The minimum absolute atomic E-state index is 0.0368. The summed E-state index contributed by atoms with van der Waals surface area (Å²) < 4.78 is 4.71. The van der Waals surface area contributed by atoms with E-state index in [4.69, 9.17) is 4.74 Å². The second-order valence-electron chi connectivity index (χ2n) is 3.82. The van der Waals surface area contributed by atoms with Crippen LogP contribution in [0.3, 0.4) is 0 Å². The molecule has 1 aliphatic heterocycles. The minimum Gasteiger partial charge on any atom is -0.468 e. The molecule has 0 N–H and O–H groups in total.